The highest BCUT2D eigenvalue weighted by Gasteiger charge is 2.11. The van der Waals surface area contributed by atoms with E-state index in [0.717, 1.165) is 23.0 Å². The Balaban J connectivity index is 1.71. The molecule has 0 saturated heterocycles. The maximum absolute atomic E-state index is 10.3. The first-order valence-corrected chi connectivity index (χ1v) is 8.26. The zero-order valence-corrected chi connectivity index (χ0v) is 14.0. The Hall–Kier alpha value is -2.86. The van der Waals surface area contributed by atoms with E-state index in [1.807, 2.05) is 43.3 Å². The second-order valence-corrected chi connectivity index (χ2v) is 5.77. The van der Waals surface area contributed by atoms with Gasteiger partial charge in [0.05, 0.1) is 12.4 Å². The summed E-state index contributed by atoms with van der Waals surface area (Å²) >= 11 is 0. The molecule has 1 atom stereocenters. The van der Waals surface area contributed by atoms with Crippen LogP contribution in [-0.4, -0.2) is 37.9 Å². The van der Waals surface area contributed by atoms with Crippen LogP contribution in [0.3, 0.4) is 0 Å². The summed E-state index contributed by atoms with van der Waals surface area (Å²) in [6.07, 6.45) is 4.12. The van der Waals surface area contributed by atoms with Crippen molar-refractivity contribution in [1.29, 1.82) is 0 Å². The highest BCUT2D eigenvalue weighted by Crippen LogP contribution is 2.23. The quantitative estimate of drug-likeness (QED) is 0.647. The lowest BCUT2D eigenvalue weighted by molar-refractivity contribution is 0.0842. The van der Waals surface area contributed by atoms with E-state index in [0.29, 0.717) is 12.1 Å². The molecule has 0 amide bonds. The second-order valence-electron chi connectivity index (χ2n) is 5.77. The van der Waals surface area contributed by atoms with Crippen molar-refractivity contribution < 1.29 is 14.9 Å². The summed E-state index contributed by atoms with van der Waals surface area (Å²) in [4.78, 5) is 1.42. The summed E-state index contributed by atoms with van der Waals surface area (Å²) < 4.78 is 5.25. The number of aliphatic hydroxyl groups excluding tert-OH is 1. The number of hydrogen-bond donors (Lipinski definition) is 2. The molecule has 2 aromatic carbocycles. The number of aromatic hydroxyl groups is 1. The molecule has 0 spiro atoms. The first-order valence-electron chi connectivity index (χ1n) is 8.26. The molecule has 0 aliphatic rings. The molecule has 1 aromatic heterocycles. The first-order chi connectivity index (χ1) is 12.2. The van der Waals surface area contributed by atoms with Gasteiger partial charge in [-0.25, -0.2) is 0 Å². The molecular formula is C19H21N3O3. The van der Waals surface area contributed by atoms with E-state index in [1.54, 1.807) is 18.4 Å². The Morgan fingerprint density at radius 2 is 1.88 bits per heavy atom. The third-order valence-corrected chi connectivity index (χ3v) is 3.73. The van der Waals surface area contributed by atoms with Gasteiger partial charge >= 0.3 is 0 Å². The van der Waals surface area contributed by atoms with E-state index in [1.165, 1.54) is 4.80 Å². The predicted molar refractivity (Wildman–Crippen MR) is 95.6 cm³/mol. The number of nitrogens with zero attached hydrogens (tertiary/aromatic N) is 3. The third kappa shape index (κ3) is 4.16. The maximum Gasteiger partial charge on any atom is 0.143 e. The highest BCUT2D eigenvalue weighted by atomic mass is 16.5. The number of phenols is 1. The fourth-order valence-electron chi connectivity index (χ4n) is 2.49. The van der Waals surface area contributed by atoms with Crippen molar-refractivity contribution in [3.05, 3.63) is 60.4 Å². The van der Waals surface area contributed by atoms with E-state index >= 15 is 0 Å². The lowest BCUT2D eigenvalue weighted by atomic mass is 10.1. The minimum atomic E-state index is -0.642. The van der Waals surface area contributed by atoms with Gasteiger partial charge in [-0.2, -0.15) is 0 Å². The number of fused-ring (bicyclic) bond motifs is 1. The van der Waals surface area contributed by atoms with Crippen LogP contribution in [0.1, 0.15) is 18.9 Å². The Morgan fingerprint density at radius 1 is 1.16 bits per heavy atom. The molecule has 130 valence electrons. The third-order valence-electron chi connectivity index (χ3n) is 3.73. The summed E-state index contributed by atoms with van der Waals surface area (Å²) in [5.41, 5.74) is 2.84. The van der Waals surface area contributed by atoms with Gasteiger partial charge < -0.3 is 14.9 Å². The number of phenolic OH excluding ortho intramolecular Hbond substituents is 1. The van der Waals surface area contributed by atoms with Crippen LogP contribution in [0.15, 0.2) is 54.8 Å². The summed E-state index contributed by atoms with van der Waals surface area (Å²) in [6, 6.07) is 12.7. The summed E-state index contributed by atoms with van der Waals surface area (Å²) in [7, 11) is 0. The van der Waals surface area contributed by atoms with E-state index in [2.05, 4.69) is 10.2 Å². The van der Waals surface area contributed by atoms with Crippen molar-refractivity contribution in [3.8, 4) is 11.4 Å². The summed E-state index contributed by atoms with van der Waals surface area (Å²) in [6.45, 7) is 2.23. The van der Waals surface area contributed by atoms with Crippen molar-refractivity contribution in [3.63, 3.8) is 0 Å². The molecule has 25 heavy (non-hydrogen) atoms. The van der Waals surface area contributed by atoms with Crippen LogP contribution in [-0.2, 0) is 11.2 Å². The summed E-state index contributed by atoms with van der Waals surface area (Å²) in [5.74, 6) is 0.0665. The van der Waals surface area contributed by atoms with Crippen molar-refractivity contribution in [2.24, 2.45) is 0 Å². The van der Waals surface area contributed by atoms with Crippen LogP contribution in [0.5, 0.6) is 5.75 Å². The molecule has 6 heteroatoms. The molecule has 0 radical (unpaired) electrons. The molecule has 1 heterocycles. The number of allylic oxidation sites excluding steroid dienone is 1. The van der Waals surface area contributed by atoms with Gasteiger partial charge in [-0.3, -0.25) is 0 Å². The first kappa shape index (κ1) is 17.0. The van der Waals surface area contributed by atoms with E-state index in [4.69, 9.17) is 4.74 Å². The zero-order chi connectivity index (χ0) is 17.6. The van der Waals surface area contributed by atoms with Crippen LogP contribution in [0.2, 0.25) is 0 Å². The summed E-state index contributed by atoms with van der Waals surface area (Å²) in [5, 5.41) is 29.0. The topological polar surface area (TPSA) is 80.4 Å². The molecule has 0 fully saturated rings. The fraction of sp³-hybridized carbons (Fsp3) is 0.263. The average Bonchev–Trinajstić information content (AvgIpc) is 3.02. The number of hydrogen-bond acceptors (Lipinski definition) is 5. The molecule has 0 saturated carbocycles. The Labute approximate surface area is 146 Å². The Kier molecular flexibility index (Phi) is 5.30. The molecule has 6 nitrogen and oxygen atoms in total. The molecule has 3 rings (SSSR count). The normalized spacial score (nSPS) is 12.7. The predicted octanol–water partition coefficient (Wildman–Crippen LogP) is 2.97. The molecule has 0 bridgehead atoms. The fourth-order valence-corrected chi connectivity index (χ4v) is 2.49. The van der Waals surface area contributed by atoms with E-state index < -0.39 is 6.10 Å². The zero-order valence-electron chi connectivity index (χ0n) is 14.0. The van der Waals surface area contributed by atoms with Gasteiger partial charge in [0.2, 0.25) is 0 Å². The van der Waals surface area contributed by atoms with Gasteiger partial charge in [-0.05, 0) is 36.2 Å². The number of aliphatic hydroxyl groups is 1. The standard InChI is InChI=1S/C19H21N3O3/c1-2-3-10-25-13-15(23)11-14-8-9-18(19(24)12-14)22-20-16-6-4-5-7-17(16)21-22/h3-10,12,15,23-24H,2,11,13H2,1H3. The minimum Gasteiger partial charge on any atom is -0.506 e. The molecule has 2 N–H and O–H groups in total. The smallest absolute Gasteiger partial charge is 0.143 e. The van der Waals surface area contributed by atoms with Gasteiger partial charge in [0.1, 0.15) is 29.1 Å². The number of benzene rings is 2. The largest absolute Gasteiger partial charge is 0.506 e. The van der Waals surface area contributed by atoms with Crippen LogP contribution < -0.4 is 0 Å². The second kappa shape index (κ2) is 7.81. The SMILES string of the molecule is CCC=COCC(O)Cc1ccc(-n2nc3ccccc3n2)c(O)c1. The molecule has 0 aliphatic carbocycles. The number of aromatic nitrogens is 3. The molecule has 3 aromatic rings. The molecular weight excluding hydrogens is 318 g/mol. The lowest BCUT2D eigenvalue weighted by Crippen LogP contribution is -2.16. The van der Waals surface area contributed by atoms with Gasteiger partial charge in [0.25, 0.3) is 0 Å². The number of rotatable bonds is 7. The van der Waals surface area contributed by atoms with Gasteiger partial charge in [-0.1, -0.05) is 31.2 Å². The Morgan fingerprint density at radius 3 is 2.52 bits per heavy atom. The van der Waals surface area contributed by atoms with Crippen molar-refractivity contribution in [1.82, 2.24) is 15.0 Å². The van der Waals surface area contributed by atoms with Gasteiger partial charge in [0.15, 0.2) is 0 Å². The van der Waals surface area contributed by atoms with Crippen LogP contribution in [0, 0.1) is 0 Å². The number of ether oxygens (including phenoxy) is 1. The van der Waals surface area contributed by atoms with Crippen LogP contribution in [0.4, 0.5) is 0 Å². The van der Waals surface area contributed by atoms with Crippen LogP contribution >= 0.6 is 0 Å². The maximum atomic E-state index is 10.3. The van der Waals surface area contributed by atoms with E-state index in [9.17, 15) is 10.2 Å². The lowest BCUT2D eigenvalue weighted by Gasteiger charge is -2.11. The average molecular weight is 339 g/mol. The van der Waals surface area contributed by atoms with Gasteiger partial charge in [-0.15, -0.1) is 15.0 Å². The van der Waals surface area contributed by atoms with E-state index in [-0.39, 0.29) is 12.4 Å². The van der Waals surface area contributed by atoms with Crippen LogP contribution in [0.25, 0.3) is 16.7 Å². The monoisotopic (exact) mass is 339 g/mol. The minimum absolute atomic E-state index is 0.0665. The Bertz CT molecular complexity index is 840. The van der Waals surface area contributed by atoms with Crippen molar-refractivity contribution >= 4 is 11.0 Å². The molecule has 1 unspecified atom stereocenters. The van der Waals surface area contributed by atoms with Gasteiger partial charge in [0, 0.05) is 6.42 Å². The highest BCUT2D eigenvalue weighted by molar-refractivity contribution is 5.73. The van der Waals surface area contributed by atoms with Crippen molar-refractivity contribution in [2.75, 3.05) is 6.61 Å². The van der Waals surface area contributed by atoms with Crippen molar-refractivity contribution in [2.45, 2.75) is 25.9 Å². The molecule has 0 aliphatic heterocycles.